The Morgan fingerprint density at radius 2 is 2.21 bits per heavy atom. The lowest BCUT2D eigenvalue weighted by atomic mass is 10.2. The lowest BCUT2D eigenvalue weighted by Crippen LogP contribution is -2.25. The van der Waals surface area contributed by atoms with E-state index in [1.807, 2.05) is 25.1 Å². The van der Waals surface area contributed by atoms with Crippen LogP contribution in [0.1, 0.15) is 12.5 Å². The van der Waals surface area contributed by atoms with E-state index in [1.165, 1.54) is 0 Å². The van der Waals surface area contributed by atoms with Gasteiger partial charge in [0.25, 0.3) is 0 Å². The minimum atomic E-state index is -0.857. The lowest BCUT2D eigenvalue weighted by molar-refractivity contribution is -0.137. The van der Waals surface area contributed by atoms with Crippen LogP contribution in [0.5, 0.6) is 0 Å². The highest BCUT2D eigenvalue weighted by Gasteiger charge is 2.11. The summed E-state index contributed by atoms with van der Waals surface area (Å²) in [6.07, 6.45) is 0. The fraction of sp³-hybridized carbons (Fsp3) is 0.300. The molecule has 1 aromatic carbocycles. The largest absolute Gasteiger partial charge is 0.480 e. The van der Waals surface area contributed by atoms with E-state index in [2.05, 4.69) is 21.2 Å². The van der Waals surface area contributed by atoms with Gasteiger partial charge in [0.2, 0.25) is 0 Å². The van der Waals surface area contributed by atoms with E-state index in [0.717, 1.165) is 15.7 Å². The highest BCUT2D eigenvalue weighted by atomic mass is 79.9. The number of carboxylic acid groups (broad SMARTS) is 1. The number of carboxylic acids is 1. The molecule has 0 aliphatic heterocycles. The molecule has 2 N–H and O–H groups in total. The van der Waals surface area contributed by atoms with E-state index in [-0.39, 0.29) is 0 Å². The van der Waals surface area contributed by atoms with Gasteiger partial charge in [-0.25, -0.2) is 0 Å². The SMILES string of the molecule is Cc1c(Br)cccc1NC(C)C(=O)O. The number of aliphatic carboxylic acids is 1. The van der Waals surface area contributed by atoms with Crippen molar-refractivity contribution in [1.29, 1.82) is 0 Å². The second-order valence-corrected chi connectivity index (χ2v) is 3.97. The summed E-state index contributed by atoms with van der Waals surface area (Å²) in [7, 11) is 0. The van der Waals surface area contributed by atoms with Crippen molar-refractivity contribution in [3.05, 3.63) is 28.2 Å². The number of nitrogens with one attached hydrogen (secondary N) is 1. The van der Waals surface area contributed by atoms with Crippen molar-refractivity contribution >= 4 is 27.6 Å². The molecule has 0 spiro atoms. The van der Waals surface area contributed by atoms with Crippen LogP contribution in [0.15, 0.2) is 22.7 Å². The standard InChI is InChI=1S/C10H12BrNO2/c1-6-8(11)4-3-5-9(6)12-7(2)10(13)14/h3-5,7,12H,1-2H3,(H,13,14). The Labute approximate surface area is 91.3 Å². The molecule has 0 bridgehead atoms. The predicted molar refractivity (Wildman–Crippen MR) is 59.6 cm³/mol. The van der Waals surface area contributed by atoms with E-state index in [0.29, 0.717) is 0 Å². The van der Waals surface area contributed by atoms with Crippen LogP contribution in [0, 0.1) is 6.92 Å². The smallest absolute Gasteiger partial charge is 0.325 e. The number of hydrogen-bond acceptors (Lipinski definition) is 2. The predicted octanol–water partition coefficient (Wildman–Crippen LogP) is 2.64. The molecule has 1 atom stereocenters. The molecule has 0 radical (unpaired) electrons. The van der Waals surface area contributed by atoms with Crippen LogP contribution in [0.4, 0.5) is 5.69 Å². The molecule has 0 amide bonds. The average Bonchev–Trinajstić information content (AvgIpc) is 2.12. The first kappa shape index (κ1) is 11.0. The first-order valence-electron chi connectivity index (χ1n) is 4.27. The van der Waals surface area contributed by atoms with Gasteiger partial charge in [0.15, 0.2) is 0 Å². The van der Waals surface area contributed by atoms with Gasteiger partial charge in [-0.05, 0) is 31.5 Å². The van der Waals surface area contributed by atoms with Crippen LogP contribution in [0.3, 0.4) is 0 Å². The summed E-state index contributed by atoms with van der Waals surface area (Å²) in [6, 6.07) is 5.07. The lowest BCUT2D eigenvalue weighted by Gasteiger charge is -2.13. The maximum Gasteiger partial charge on any atom is 0.325 e. The molecule has 1 rings (SSSR count). The number of rotatable bonds is 3. The van der Waals surface area contributed by atoms with E-state index in [9.17, 15) is 4.79 Å². The van der Waals surface area contributed by atoms with E-state index >= 15 is 0 Å². The zero-order valence-corrected chi connectivity index (χ0v) is 9.63. The molecule has 0 heterocycles. The summed E-state index contributed by atoms with van der Waals surface area (Å²) < 4.78 is 0.972. The van der Waals surface area contributed by atoms with Crippen molar-refractivity contribution in [2.45, 2.75) is 19.9 Å². The molecule has 0 aliphatic carbocycles. The maximum atomic E-state index is 10.6. The molecule has 76 valence electrons. The third kappa shape index (κ3) is 2.48. The van der Waals surface area contributed by atoms with Gasteiger partial charge in [-0.15, -0.1) is 0 Å². The molecule has 0 saturated heterocycles. The molecular weight excluding hydrogens is 246 g/mol. The van der Waals surface area contributed by atoms with Gasteiger partial charge >= 0.3 is 5.97 Å². The summed E-state index contributed by atoms with van der Waals surface area (Å²) in [5, 5.41) is 11.7. The Morgan fingerprint density at radius 1 is 1.57 bits per heavy atom. The quantitative estimate of drug-likeness (QED) is 0.876. The number of anilines is 1. The van der Waals surface area contributed by atoms with Gasteiger partial charge in [-0.3, -0.25) is 4.79 Å². The van der Waals surface area contributed by atoms with E-state index < -0.39 is 12.0 Å². The second kappa shape index (κ2) is 4.46. The fourth-order valence-corrected chi connectivity index (χ4v) is 1.43. The average molecular weight is 258 g/mol. The van der Waals surface area contributed by atoms with Crippen LogP contribution >= 0.6 is 15.9 Å². The molecule has 0 fully saturated rings. The van der Waals surface area contributed by atoms with Crippen molar-refractivity contribution in [3.8, 4) is 0 Å². The van der Waals surface area contributed by atoms with E-state index in [1.54, 1.807) is 6.92 Å². The molecule has 0 aromatic heterocycles. The van der Waals surface area contributed by atoms with Crippen LogP contribution in [-0.4, -0.2) is 17.1 Å². The summed E-state index contributed by atoms with van der Waals surface area (Å²) in [6.45, 7) is 3.55. The molecule has 3 nitrogen and oxygen atoms in total. The topological polar surface area (TPSA) is 49.3 Å². The third-order valence-electron chi connectivity index (χ3n) is 2.01. The van der Waals surface area contributed by atoms with E-state index in [4.69, 9.17) is 5.11 Å². The summed E-state index contributed by atoms with van der Waals surface area (Å²) in [5.41, 5.74) is 1.86. The van der Waals surface area contributed by atoms with Crippen molar-refractivity contribution in [3.63, 3.8) is 0 Å². The van der Waals surface area contributed by atoms with Crippen LogP contribution < -0.4 is 5.32 Å². The Bertz CT molecular complexity index is 352. The van der Waals surface area contributed by atoms with Gasteiger partial charge in [0, 0.05) is 10.2 Å². The molecule has 4 heteroatoms. The highest BCUT2D eigenvalue weighted by Crippen LogP contribution is 2.23. The molecular formula is C10H12BrNO2. The molecule has 0 aliphatic rings. The summed E-state index contributed by atoms with van der Waals surface area (Å²) in [5.74, 6) is -0.857. The first-order chi connectivity index (χ1) is 6.52. The van der Waals surface area contributed by atoms with Gasteiger partial charge in [-0.2, -0.15) is 0 Å². The minimum absolute atomic E-state index is 0.581. The van der Waals surface area contributed by atoms with Crippen molar-refractivity contribution in [2.24, 2.45) is 0 Å². The normalized spacial score (nSPS) is 12.2. The van der Waals surface area contributed by atoms with Crippen LogP contribution in [0.25, 0.3) is 0 Å². The number of hydrogen-bond donors (Lipinski definition) is 2. The zero-order valence-electron chi connectivity index (χ0n) is 8.04. The van der Waals surface area contributed by atoms with Crippen LogP contribution in [-0.2, 0) is 4.79 Å². The van der Waals surface area contributed by atoms with Crippen molar-refractivity contribution in [2.75, 3.05) is 5.32 Å². The molecule has 14 heavy (non-hydrogen) atoms. The highest BCUT2D eigenvalue weighted by molar-refractivity contribution is 9.10. The maximum absolute atomic E-state index is 10.6. The Hall–Kier alpha value is -1.03. The number of halogens is 1. The van der Waals surface area contributed by atoms with Crippen molar-refractivity contribution < 1.29 is 9.90 Å². The molecule has 1 aromatic rings. The minimum Gasteiger partial charge on any atom is -0.480 e. The summed E-state index contributed by atoms with van der Waals surface area (Å²) in [4.78, 5) is 10.6. The Morgan fingerprint density at radius 3 is 2.79 bits per heavy atom. The zero-order chi connectivity index (χ0) is 10.7. The summed E-state index contributed by atoms with van der Waals surface area (Å²) >= 11 is 3.39. The second-order valence-electron chi connectivity index (χ2n) is 3.12. The first-order valence-corrected chi connectivity index (χ1v) is 5.06. The fourth-order valence-electron chi connectivity index (χ4n) is 1.06. The number of benzene rings is 1. The van der Waals surface area contributed by atoms with Gasteiger partial charge in [0.05, 0.1) is 0 Å². The molecule has 0 saturated carbocycles. The third-order valence-corrected chi connectivity index (χ3v) is 2.87. The Balaban J connectivity index is 2.87. The van der Waals surface area contributed by atoms with Gasteiger partial charge in [0.1, 0.15) is 6.04 Å². The number of carbonyl (C=O) groups is 1. The molecule has 1 unspecified atom stereocenters. The van der Waals surface area contributed by atoms with Crippen molar-refractivity contribution in [1.82, 2.24) is 0 Å². The van der Waals surface area contributed by atoms with Gasteiger partial charge in [-0.1, -0.05) is 22.0 Å². The monoisotopic (exact) mass is 257 g/mol. The van der Waals surface area contributed by atoms with Crippen LogP contribution in [0.2, 0.25) is 0 Å². The Kier molecular flexibility index (Phi) is 3.52. The van der Waals surface area contributed by atoms with Gasteiger partial charge < -0.3 is 10.4 Å².